The van der Waals surface area contributed by atoms with Gasteiger partial charge in [-0.2, -0.15) is 0 Å². The highest BCUT2D eigenvalue weighted by Gasteiger charge is 2.35. The first-order chi connectivity index (χ1) is 8.99. The molecule has 1 saturated carbocycles. The van der Waals surface area contributed by atoms with Crippen LogP contribution in [-0.4, -0.2) is 29.8 Å². The third kappa shape index (κ3) is 3.12. The topological polar surface area (TPSA) is 101 Å². The maximum Gasteiger partial charge on any atom is 0.249 e. The Morgan fingerprint density at radius 2 is 2.05 bits per heavy atom. The van der Waals surface area contributed by atoms with Gasteiger partial charge in [0, 0.05) is 12.5 Å². The SMILES string of the molecule is CC1CCCC(C(=O)NC2CCC(=O)NC2=O)C1N. The van der Waals surface area contributed by atoms with Crippen LogP contribution in [0, 0.1) is 11.8 Å². The minimum atomic E-state index is -0.602. The summed E-state index contributed by atoms with van der Waals surface area (Å²) in [6, 6.07) is -0.753. The van der Waals surface area contributed by atoms with E-state index in [1.807, 2.05) is 0 Å². The summed E-state index contributed by atoms with van der Waals surface area (Å²) in [5.41, 5.74) is 6.07. The number of rotatable bonds is 2. The molecule has 1 aliphatic heterocycles. The molecule has 1 saturated heterocycles. The van der Waals surface area contributed by atoms with Crippen molar-refractivity contribution in [3.8, 4) is 0 Å². The Morgan fingerprint density at radius 1 is 1.32 bits per heavy atom. The molecule has 4 atom stereocenters. The van der Waals surface area contributed by atoms with Gasteiger partial charge < -0.3 is 11.1 Å². The van der Waals surface area contributed by atoms with Crippen molar-refractivity contribution < 1.29 is 14.4 Å². The van der Waals surface area contributed by atoms with Gasteiger partial charge in [0.15, 0.2) is 0 Å². The number of piperidine rings is 1. The minimum Gasteiger partial charge on any atom is -0.344 e. The van der Waals surface area contributed by atoms with Crippen molar-refractivity contribution in [1.29, 1.82) is 0 Å². The monoisotopic (exact) mass is 267 g/mol. The molecule has 0 radical (unpaired) electrons. The average molecular weight is 267 g/mol. The molecule has 2 rings (SSSR count). The van der Waals surface area contributed by atoms with E-state index in [1.54, 1.807) is 0 Å². The van der Waals surface area contributed by atoms with Gasteiger partial charge in [0.1, 0.15) is 6.04 Å². The Kier molecular flexibility index (Phi) is 4.19. The van der Waals surface area contributed by atoms with E-state index in [0.29, 0.717) is 12.3 Å². The van der Waals surface area contributed by atoms with Crippen molar-refractivity contribution in [3.63, 3.8) is 0 Å². The summed E-state index contributed by atoms with van der Waals surface area (Å²) in [6.45, 7) is 2.05. The third-order valence-corrected chi connectivity index (χ3v) is 4.19. The molecule has 4 N–H and O–H groups in total. The lowest BCUT2D eigenvalue weighted by atomic mass is 9.77. The van der Waals surface area contributed by atoms with Crippen LogP contribution < -0.4 is 16.4 Å². The maximum absolute atomic E-state index is 12.2. The van der Waals surface area contributed by atoms with Gasteiger partial charge in [-0.15, -0.1) is 0 Å². The number of hydrogen-bond acceptors (Lipinski definition) is 4. The van der Waals surface area contributed by atoms with E-state index < -0.39 is 11.9 Å². The molecule has 0 bridgehead atoms. The lowest BCUT2D eigenvalue weighted by molar-refractivity contribution is -0.138. The summed E-state index contributed by atoms with van der Waals surface area (Å²) in [5, 5.41) is 4.96. The molecule has 0 spiro atoms. The summed E-state index contributed by atoms with van der Waals surface area (Å²) in [6.07, 6.45) is 3.44. The van der Waals surface area contributed by atoms with E-state index in [2.05, 4.69) is 17.6 Å². The molecule has 2 aliphatic rings. The number of nitrogens with two attached hydrogens (primary N) is 1. The van der Waals surface area contributed by atoms with Crippen molar-refractivity contribution in [2.45, 2.75) is 51.1 Å². The van der Waals surface area contributed by atoms with Gasteiger partial charge in [0.2, 0.25) is 17.7 Å². The number of imide groups is 1. The standard InChI is InChI=1S/C13H21N3O3/c1-7-3-2-4-8(11(7)14)12(18)15-9-5-6-10(17)16-13(9)19/h7-9,11H,2-6,14H2,1H3,(H,15,18)(H,16,17,19). The smallest absolute Gasteiger partial charge is 0.249 e. The molecule has 4 unspecified atom stereocenters. The summed E-state index contributed by atoms with van der Waals surface area (Å²) >= 11 is 0. The van der Waals surface area contributed by atoms with E-state index in [1.165, 1.54) is 0 Å². The van der Waals surface area contributed by atoms with E-state index in [0.717, 1.165) is 19.3 Å². The molecule has 0 aromatic heterocycles. The van der Waals surface area contributed by atoms with E-state index >= 15 is 0 Å². The van der Waals surface area contributed by atoms with Crippen LogP contribution in [0.2, 0.25) is 0 Å². The number of nitrogens with one attached hydrogen (secondary N) is 2. The van der Waals surface area contributed by atoms with Crippen LogP contribution in [0.1, 0.15) is 39.0 Å². The highest BCUT2D eigenvalue weighted by molar-refractivity contribution is 6.01. The fourth-order valence-corrected chi connectivity index (χ4v) is 2.86. The summed E-state index contributed by atoms with van der Waals surface area (Å²) < 4.78 is 0. The first kappa shape index (κ1) is 14.0. The Balaban J connectivity index is 1.93. The molecule has 3 amide bonds. The van der Waals surface area contributed by atoms with Crippen LogP contribution in [-0.2, 0) is 14.4 Å². The average Bonchev–Trinajstić information content (AvgIpc) is 2.36. The van der Waals surface area contributed by atoms with Crippen LogP contribution in [0.5, 0.6) is 0 Å². The zero-order valence-electron chi connectivity index (χ0n) is 11.1. The molecule has 19 heavy (non-hydrogen) atoms. The van der Waals surface area contributed by atoms with Crippen molar-refractivity contribution >= 4 is 17.7 Å². The predicted molar refractivity (Wildman–Crippen MR) is 68.8 cm³/mol. The van der Waals surface area contributed by atoms with Crippen molar-refractivity contribution in [1.82, 2.24) is 10.6 Å². The second-order valence-electron chi connectivity index (χ2n) is 5.60. The molecule has 1 heterocycles. The van der Waals surface area contributed by atoms with Gasteiger partial charge in [0.25, 0.3) is 0 Å². The molecular formula is C13H21N3O3. The molecular weight excluding hydrogens is 246 g/mol. The molecule has 1 aliphatic carbocycles. The van der Waals surface area contributed by atoms with Gasteiger partial charge >= 0.3 is 0 Å². The molecule has 0 aromatic carbocycles. The lowest BCUT2D eigenvalue weighted by Crippen LogP contribution is -2.56. The Bertz CT molecular complexity index is 397. The first-order valence-electron chi connectivity index (χ1n) is 6.88. The molecule has 2 fully saturated rings. The number of amides is 3. The van der Waals surface area contributed by atoms with Gasteiger partial charge in [0.05, 0.1) is 5.92 Å². The van der Waals surface area contributed by atoms with Crippen LogP contribution >= 0.6 is 0 Å². The third-order valence-electron chi connectivity index (χ3n) is 4.19. The van der Waals surface area contributed by atoms with Crippen molar-refractivity contribution in [2.75, 3.05) is 0 Å². The Labute approximate surface area is 112 Å². The van der Waals surface area contributed by atoms with Gasteiger partial charge in [-0.1, -0.05) is 13.3 Å². The van der Waals surface area contributed by atoms with Crippen LogP contribution in [0.4, 0.5) is 0 Å². The van der Waals surface area contributed by atoms with Crippen LogP contribution in [0.25, 0.3) is 0 Å². The zero-order chi connectivity index (χ0) is 14.0. The number of carbonyl (C=O) groups excluding carboxylic acids is 3. The van der Waals surface area contributed by atoms with Gasteiger partial charge in [-0.25, -0.2) is 0 Å². The summed E-state index contributed by atoms with van der Waals surface area (Å²) in [7, 11) is 0. The maximum atomic E-state index is 12.2. The quantitative estimate of drug-likeness (QED) is 0.596. The first-order valence-corrected chi connectivity index (χ1v) is 6.88. The highest BCUT2D eigenvalue weighted by Crippen LogP contribution is 2.28. The number of hydrogen-bond donors (Lipinski definition) is 3. The second kappa shape index (κ2) is 5.69. The Morgan fingerprint density at radius 3 is 2.74 bits per heavy atom. The van der Waals surface area contributed by atoms with Crippen LogP contribution in [0.3, 0.4) is 0 Å². The van der Waals surface area contributed by atoms with E-state index in [4.69, 9.17) is 5.73 Å². The normalized spacial score (nSPS) is 35.7. The minimum absolute atomic E-state index is 0.151. The van der Waals surface area contributed by atoms with Crippen molar-refractivity contribution in [2.24, 2.45) is 17.6 Å². The lowest BCUT2D eigenvalue weighted by Gasteiger charge is -2.34. The molecule has 6 heteroatoms. The van der Waals surface area contributed by atoms with Crippen LogP contribution in [0.15, 0.2) is 0 Å². The Hall–Kier alpha value is -1.43. The second-order valence-corrected chi connectivity index (χ2v) is 5.60. The fourth-order valence-electron chi connectivity index (χ4n) is 2.86. The molecule has 106 valence electrons. The van der Waals surface area contributed by atoms with E-state index in [-0.39, 0.29) is 30.2 Å². The summed E-state index contributed by atoms with van der Waals surface area (Å²) in [4.78, 5) is 34.8. The molecule has 6 nitrogen and oxygen atoms in total. The zero-order valence-corrected chi connectivity index (χ0v) is 11.1. The molecule has 0 aromatic rings. The fraction of sp³-hybridized carbons (Fsp3) is 0.769. The predicted octanol–water partition coefficient (Wildman–Crippen LogP) is -0.329. The number of carbonyl (C=O) groups is 3. The van der Waals surface area contributed by atoms with E-state index in [9.17, 15) is 14.4 Å². The highest BCUT2D eigenvalue weighted by atomic mass is 16.2. The van der Waals surface area contributed by atoms with Gasteiger partial charge in [-0.05, 0) is 25.2 Å². The van der Waals surface area contributed by atoms with Crippen molar-refractivity contribution in [3.05, 3.63) is 0 Å². The largest absolute Gasteiger partial charge is 0.344 e. The van der Waals surface area contributed by atoms with Gasteiger partial charge in [-0.3, -0.25) is 19.7 Å². The summed E-state index contributed by atoms with van der Waals surface area (Å²) in [5.74, 6) is -0.755.